The first-order valence-electron chi connectivity index (χ1n) is 3.72. The van der Waals surface area contributed by atoms with Crippen molar-refractivity contribution in [3.8, 4) is 0 Å². The van der Waals surface area contributed by atoms with Crippen molar-refractivity contribution < 1.29 is 9.53 Å². The second-order valence-electron chi connectivity index (χ2n) is 2.61. The third kappa shape index (κ3) is 2.34. The fraction of sp³-hybridized carbons (Fsp3) is 0.857. The molecule has 3 nitrogen and oxygen atoms in total. The molecule has 1 unspecified atom stereocenters. The number of rotatable bonds is 1. The van der Waals surface area contributed by atoms with Crippen LogP contribution in [0.3, 0.4) is 0 Å². The number of hydrogen-bond acceptors (Lipinski definition) is 2. The van der Waals surface area contributed by atoms with E-state index in [-0.39, 0.29) is 5.91 Å². The fourth-order valence-corrected chi connectivity index (χ4v) is 1.16. The minimum absolute atomic E-state index is 0.0358. The number of alkyl halides is 1. The van der Waals surface area contributed by atoms with Crippen molar-refractivity contribution in [1.82, 2.24) is 4.90 Å². The van der Waals surface area contributed by atoms with Crippen LogP contribution in [-0.2, 0) is 9.53 Å². The highest BCUT2D eigenvalue weighted by molar-refractivity contribution is 6.30. The van der Waals surface area contributed by atoms with Gasteiger partial charge in [-0.25, -0.2) is 0 Å². The molecule has 1 heterocycles. The van der Waals surface area contributed by atoms with Crippen LogP contribution in [0, 0.1) is 0 Å². The van der Waals surface area contributed by atoms with E-state index in [4.69, 9.17) is 16.3 Å². The van der Waals surface area contributed by atoms with Gasteiger partial charge in [0.1, 0.15) is 12.1 Å². The van der Waals surface area contributed by atoms with E-state index in [0.29, 0.717) is 6.73 Å². The summed E-state index contributed by atoms with van der Waals surface area (Å²) in [6.07, 6.45) is 0.912. The largest absolute Gasteiger partial charge is 0.361 e. The van der Waals surface area contributed by atoms with Crippen LogP contribution in [0.2, 0.25) is 0 Å². The molecule has 1 aliphatic rings. The van der Waals surface area contributed by atoms with Crippen LogP contribution in [0.15, 0.2) is 0 Å². The summed E-state index contributed by atoms with van der Waals surface area (Å²) >= 11 is 5.61. The SMILES string of the molecule is CC(Cl)C(=O)N1CCCOC1. The standard InChI is InChI=1S/C7H12ClNO2/c1-6(8)7(10)9-3-2-4-11-5-9/h6H,2-5H2,1H3. The smallest absolute Gasteiger partial charge is 0.242 e. The fourth-order valence-electron chi connectivity index (χ4n) is 1.02. The minimum Gasteiger partial charge on any atom is -0.361 e. The van der Waals surface area contributed by atoms with Gasteiger partial charge in [-0.05, 0) is 13.3 Å². The van der Waals surface area contributed by atoms with Crippen LogP contribution in [0.4, 0.5) is 0 Å². The van der Waals surface area contributed by atoms with E-state index in [0.717, 1.165) is 19.6 Å². The lowest BCUT2D eigenvalue weighted by Gasteiger charge is -2.27. The van der Waals surface area contributed by atoms with Crippen molar-refractivity contribution >= 4 is 17.5 Å². The molecule has 1 fully saturated rings. The van der Waals surface area contributed by atoms with E-state index in [9.17, 15) is 4.79 Å². The average Bonchev–Trinajstić information content (AvgIpc) is 2.05. The number of amides is 1. The maximum atomic E-state index is 11.2. The molecule has 11 heavy (non-hydrogen) atoms. The third-order valence-corrected chi connectivity index (χ3v) is 1.80. The molecule has 1 amide bonds. The Morgan fingerprint density at radius 1 is 1.73 bits per heavy atom. The van der Waals surface area contributed by atoms with E-state index in [1.165, 1.54) is 0 Å². The molecule has 0 saturated carbocycles. The Bertz CT molecular complexity index is 143. The van der Waals surface area contributed by atoms with Gasteiger partial charge in [0, 0.05) is 6.54 Å². The number of ether oxygens (including phenoxy) is 1. The predicted molar refractivity (Wildman–Crippen MR) is 42.5 cm³/mol. The number of carbonyl (C=O) groups is 1. The van der Waals surface area contributed by atoms with Crippen LogP contribution in [0.1, 0.15) is 13.3 Å². The van der Waals surface area contributed by atoms with Crippen molar-refractivity contribution in [2.24, 2.45) is 0 Å². The van der Waals surface area contributed by atoms with Gasteiger partial charge in [-0.2, -0.15) is 0 Å². The average molecular weight is 178 g/mol. The molecule has 0 aromatic carbocycles. The zero-order chi connectivity index (χ0) is 8.27. The number of nitrogens with zero attached hydrogens (tertiary/aromatic N) is 1. The van der Waals surface area contributed by atoms with Gasteiger partial charge in [-0.1, -0.05) is 0 Å². The molecule has 0 spiro atoms. The zero-order valence-electron chi connectivity index (χ0n) is 6.55. The molecule has 1 aliphatic heterocycles. The first kappa shape index (κ1) is 8.81. The molecule has 1 atom stereocenters. The Morgan fingerprint density at radius 2 is 2.45 bits per heavy atom. The molecule has 0 bridgehead atoms. The summed E-state index contributed by atoms with van der Waals surface area (Å²) in [5.74, 6) is -0.0358. The maximum Gasteiger partial charge on any atom is 0.242 e. The van der Waals surface area contributed by atoms with Gasteiger partial charge >= 0.3 is 0 Å². The number of halogens is 1. The highest BCUT2D eigenvalue weighted by Crippen LogP contribution is 2.06. The Kier molecular flexibility index (Phi) is 3.15. The first-order chi connectivity index (χ1) is 5.22. The number of hydrogen-bond donors (Lipinski definition) is 0. The van der Waals surface area contributed by atoms with Crippen LogP contribution in [0.25, 0.3) is 0 Å². The van der Waals surface area contributed by atoms with Crippen molar-refractivity contribution in [3.05, 3.63) is 0 Å². The molecular formula is C7H12ClNO2. The summed E-state index contributed by atoms with van der Waals surface area (Å²) in [5, 5.41) is -0.434. The lowest BCUT2D eigenvalue weighted by Crippen LogP contribution is -2.41. The van der Waals surface area contributed by atoms with E-state index < -0.39 is 5.38 Å². The van der Waals surface area contributed by atoms with Gasteiger partial charge in [-0.3, -0.25) is 4.79 Å². The van der Waals surface area contributed by atoms with E-state index in [1.807, 2.05) is 0 Å². The third-order valence-electron chi connectivity index (χ3n) is 1.62. The molecule has 0 aromatic heterocycles. The molecule has 0 aromatic rings. The maximum absolute atomic E-state index is 11.2. The Hall–Kier alpha value is -0.280. The van der Waals surface area contributed by atoms with Crippen molar-refractivity contribution in [2.45, 2.75) is 18.7 Å². The molecule has 1 saturated heterocycles. The van der Waals surface area contributed by atoms with Gasteiger partial charge in [0.25, 0.3) is 0 Å². The lowest BCUT2D eigenvalue weighted by molar-refractivity contribution is -0.139. The normalized spacial score (nSPS) is 21.5. The van der Waals surface area contributed by atoms with Gasteiger partial charge in [-0.15, -0.1) is 11.6 Å². The molecule has 0 N–H and O–H groups in total. The molecule has 1 rings (SSSR count). The second kappa shape index (κ2) is 3.93. The zero-order valence-corrected chi connectivity index (χ0v) is 7.30. The van der Waals surface area contributed by atoms with Crippen molar-refractivity contribution in [3.63, 3.8) is 0 Å². The molecular weight excluding hydrogens is 166 g/mol. The van der Waals surface area contributed by atoms with Crippen LogP contribution < -0.4 is 0 Å². The Morgan fingerprint density at radius 3 is 2.91 bits per heavy atom. The summed E-state index contributed by atoms with van der Waals surface area (Å²) in [6.45, 7) is 3.60. The second-order valence-corrected chi connectivity index (χ2v) is 3.26. The summed E-state index contributed by atoms with van der Waals surface area (Å²) < 4.78 is 5.10. The molecule has 0 aliphatic carbocycles. The predicted octanol–water partition coefficient (Wildman–Crippen LogP) is 0.820. The highest BCUT2D eigenvalue weighted by atomic mass is 35.5. The summed E-state index contributed by atoms with van der Waals surface area (Å²) in [6, 6.07) is 0. The van der Waals surface area contributed by atoms with E-state index in [2.05, 4.69) is 0 Å². The van der Waals surface area contributed by atoms with Crippen LogP contribution in [-0.4, -0.2) is 36.1 Å². The van der Waals surface area contributed by atoms with Crippen LogP contribution >= 0.6 is 11.6 Å². The topological polar surface area (TPSA) is 29.5 Å². The van der Waals surface area contributed by atoms with Crippen molar-refractivity contribution in [1.29, 1.82) is 0 Å². The number of carbonyl (C=O) groups excluding carboxylic acids is 1. The summed E-state index contributed by atoms with van der Waals surface area (Å²) in [7, 11) is 0. The highest BCUT2D eigenvalue weighted by Gasteiger charge is 2.20. The molecule has 4 heteroatoms. The first-order valence-corrected chi connectivity index (χ1v) is 4.16. The van der Waals surface area contributed by atoms with Gasteiger partial charge in [0.2, 0.25) is 5.91 Å². The van der Waals surface area contributed by atoms with E-state index >= 15 is 0 Å². The van der Waals surface area contributed by atoms with Gasteiger partial charge in [0.15, 0.2) is 0 Å². The monoisotopic (exact) mass is 177 g/mol. The van der Waals surface area contributed by atoms with Gasteiger partial charge in [0.05, 0.1) is 6.61 Å². The Labute approximate surface area is 71.3 Å². The van der Waals surface area contributed by atoms with Crippen molar-refractivity contribution in [2.75, 3.05) is 19.9 Å². The van der Waals surface area contributed by atoms with Gasteiger partial charge < -0.3 is 9.64 Å². The lowest BCUT2D eigenvalue weighted by atomic mass is 10.3. The summed E-state index contributed by atoms with van der Waals surface area (Å²) in [5.41, 5.74) is 0. The molecule has 0 radical (unpaired) electrons. The molecule has 64 valence electrons. The quantitative estimate of drug-likeness (QED) is 0.555. The minimum atomic E-state index is -0.434. The Balaban J connectivity index is 2.39. The summed E-state index contributed by atoms with van der Waals surface area (Å²) in [4.78, 5) is 12.9. The van der Waals surface area contributed by atoms with E-state index in [1.54, 1.807) is 11.8 Å². The van der Waals surface area contributed by atoms with Crippen LogP contribution in [0.5, 0.6) is 0 Å².